The van der Waals surface area contributed by atoms with Crippen molar-refractivity contribution in [3.8, 4) is 0 Å². The second-order valence-corrected chi connectivity index (χ2v) is 4.29. The highest BCUT2D eigenvalue weighted by molar-refractivity contribution is 5.62. The van der Waals surface area contributed by atoms with Crippen molar-refractivity contribution in [3.63, 3.8) is 0 Å². The van der Waals surface area contributed by atoms with Crippen molar-refractivity contribution in [1.82, 2.24) is 9.78 Å². The molecule has 0 unspecified atom stereocenters. The van der Waals surface area contributed by atoms with E-state index < -0.39 is 0 Å². The number of anilines is 2. The Labute approximate surface area is 101 Å². The van der Waals surface area contributed by atoms with Crippen molar-refractivity contribution in [2.24, 2.45) is 7.05 Å². The SMILES string of the molecule is Cc1nn(C)cc1CNc1cccc(N)c1C. The molecule has 1 heterocycles. The van der Waals surface area contributed by atoms with E-state index in [2.05, 4.69) is 10.4 Å². The molecule has 90 valence electrons. The lowest BCUT2D eigenvalue weighted by Crippen LogP contribution is -2.03. The molecule has 1 aromatic heterocycles. The molecule has 0 amide bonds. The number of nitrogens with two attached hydrogens (primary N) is 1. The summed E-state index contributed by atoms with van der Waals surface area (Å²) in [7, 11) is 1.93. The first kappa shape index (κ1) is 11.5. The maximum Gasteiger partial charge on any atom is 0.0643 e. The number of aryl methyl sites for hydroxylation is 2. The molecule has 0 atom stereocenters. The third-order valence-corrected chi connectivity index (χ3v) is 2.96. The van der Waals surface area contributed by atoms with Crippen molar-refractivity contribution in [2.45, 2.75) is 20.4 Å². The molecule has 0 radical (unpaired) electrons. The Hall–Kier alpha value is -1.97. The van der Waals surface area contributed by atoms with Gasteiger partial charge in [-0.25, -0.2) is 0 Å². The van der Waals surface area contributed by atoms with Gasteiger partial charge in [0, 0.05) is 36.7 Å². The van der Waals surface area contributed by atoms with Crippen molar-refractivity contribution < 1.29 is 0 Å². The quantitative estimate of drug-likeness (QED) is 0.795. The van der Waals surface area contributed by atoms with Crippen molar-refractivity contribution >= 4 is 11.4 Å². The lowest BCUT2D eigenvalue weighted by molar-refractivity contribution is 0.756. The predicted octanol–water partition coefficient (Wildman–Crippen LogP) is 2.23. The number of nitrogens with one attached hydrogen (secondary N) is 1. The van der Waals surface area contributed by atoms with Crippen LogP contribution in [0.1, 0.15) is 16.8 Å². The van der Waals surface area contributed by atoms with Crippen LogP contribution in [0.2, 0.25) is 0 Å². The van der Waals surface area contributed by atoms with Crippen molar-refractivity contribution in [3.05, 3.63) is 41.2 Å². The number of rotatable bonds is 3. The van der Waals surface area contributed by atoms with Crippen LogP contribution in [0.4, 0.5) is 11.4 Å². The summed E-state index contributed by atoms with van der Waals surface area (Å²) in [4.78, 5) is 0. The smallest absolute Gasteiger partial charge is 0.0643 e. The fourth-order valence-corrected chi connectivity index (χ4v) is 1.86. The van der Waals surface area contributed by atoms with E-state index in [0.29, 0.717) is 0 Å². The van der Waals surface area contributed by atoms with Gasteiger partial charge in [0.2, 0.25) is 0 Å². The summed E-state index contributed by atoms with van der Waals surface area (Å²) in [5, 5.41) is 7.71. The zero-order valence-corrected chi connectivity index (χ0v) is 10.5. The molecule has 2 rings (SSSR count). The Morgan fingerprint density at radius 2 is 2.12 bits per heavy atom. The molecule has 0 aliphatic rings. The van der Waals surface area contributed by atoms with E-state index in [4.69, 9.17) is 5.73 Å². The molecule has 1 aromatic carbocycles. The molecule has 2 aromatic rings. The van der Waals surface area contributed by atoms with Gasteiger partial charge in [0.1, 0.15) is 0 Å². The molecule has 0 aliphatic carbocycles. The number of aromatic nitrogens is 2. The Kier molecular flexibility index (Phi) is 3.04. The number of benzene rings is 1. The average molecular weight is 230 g/mol. The van der Waals surface area contributed by atoms with E-state index in [1.807, 2.05) is 50.0 Å². The number of nitrogens with zero attached hydrogens (tertiary/aromatic N) is 2. The maximum absolute atomic E-state index is 5.87. The molecule has 4 heteroatoms. The second-order valence-electron chi connectivity index (χ2n) is 4.29. The Morgan fingerprint density at radius 3 is 2.76 bits per heavy atom. The van der Waals surface area contributed by atoms with E-state index in [-0.39, 0.29) is 0 Å². The molecule has 4 nitrogen and oxygen atoms in total. The third kappa shape index (κ3) is 2.41. The highest BCUT2D eigenvalue weighted by Gasteiger charge is 2.04. The monoisotopic (exact) mass is 230 g/mol. The number of hydrogen-bond donors (Lipinski definition) is 2. The zero-order chi connectivity index (χ0) is 12.4. The summed E-state index contributed by atoms with van der Waals surface area (Å²) in [5.41, 5.74) is 11.1. The summed E-state index contributed by atoms with van der Waals surface area (Å²) in [6.07, 6.45) is 2.03. The second kappa shape index (κ2) is 4.49. The highest BCUT2D eigenvalue weighted by atomic mass is 15.2. The lowest BCUT2D eigenvalue weighted by Gasteiger charge is -2.10. The van der Waals surface area contributed by atoms with Gasteiger partial charge < -0.3 is 11.1 Å². The molecule has 0 aliphatic heterocycles. The summed E-state index contributed by atoms with van der Waals surface area (Å²) < 4.78 is 1.83. The molecular formula is C13H18N4. The molecule has 0 saturated heterocycles. The van der Waals surface area contributed by atoms with Crippen LogP contribution in [0.25, 0.3) is 0 Å². The van der Waals surface area contributed by atoms with Crippen LogP contribution < -0.4 is 11.1 Å². The standard InChI is InChI=1S/C13H18N4/c1-9-12(14)5-4-6-13(9)15-7-11-8-17(3)16-10(11)2/h4-6,8,15H,7,14H2,1-3H3. The van der Waals surface area contributed by atoms with Gasteiger partial charge in [-0.3, -0.25) is 4.68 Å². The summed E-state index contributed by atoms with van der Waals surface area (Å²) in [5.74, 6) is 0. The van der Waals surface area contributed by atoms with E-state index >= 15 is 0 Å². The van der Waals surface area contributed by atoms with Gasteiger partial charge in [-0.15, -0.1) is 0 Å². The minimum absolute atomic E-state index is 0.768. The van der Waals surface area contributed by atoms with Crippen LogP contribution in [-0.4, -0.2) is 9.78 Å². The van der Waals surface area contributed by atoms with Gasteiger partial charge in [0.15, 0.2) is 0 Å². The first-order valence-corrected chi connectivity index (χ1v) is 5.66. The third-order valence-electron chi connectivity index (χ3n) is 2.96. The molecule has 0 saturated carbocycles. The van der Waals surface area contributed by atoms with Gasteiger partial charge in [-0.05, 0) is 31.5 Å². The summed E-state index contributed by atoms with van der Waals surface area (Å²) in [6.45, 7) is 4.81. The van der Waals surface area contributed by atoms with E-state index in [1.54, 1.807) is 0 Å². The van der Waals surface area contributed by atoms with E-state index in [1.165, 1.54) is 5.56 Å². The fraction of sp³-hybridized carbons (Fsp3) is 0.308. The zero-order valence-electron chi connectivity index (χ0n) is 10.5. The van der Waals surface area contributed by atoms with Crippen LogP contribution in [-0.2, 0) is 13.6 Å². The fourth-order valence-electron chi connectivity index (χ4n) is 1.86. The molecule has 3 N–H and O–H groups in total. The largest absolute Gasteiger partial charge is 0.398 e. The number of hydrogen-bond acceptors (Lipinski definition) is 3. The highest BCUT2D eigenvalue weighted by Crippen LogP contribution is 2.21. The first-order chi connectivity index (χ1) is 8.08. The average Bonchev–Trinajstić information content (AvgIpc) is 2.60. The predicted molar refractivity (Wildman–Crippen MR) is 70.9 cm³/mol. The van der Waals surface area contributed by atoms with E-state index in [0.717, 1.165) is 29.2 Å². The van der Waals surface area contributed by atoms with Crippen LogP contribution in [0.5, 0.6) is 0 Å². The molecule has 0 fully saturated rings. The Bertz CT molecular complexity index is 528. The normalized spacial score (nSPS) is 10.5. The topological polar surface area (TPSA) is 55.9 Å². The molecule has 0 bridgehead atoms. The minimum atomic E-state index is 0.768. The van der Waals surface area contributed by atoms with Gasteiger partial charge in [-0.2, -0.15) is 5.10 Å². The van der Waals surface area contributed by atoms with Crippen LogP contribution >= 0.6 is 0 Å². The first-order valence-electron chi connectivity index (χ1n) is 5.66. The molecule has 0 spiro atoms. The summed E-state index contributed by atoms with van der Waals surface area (Å²) >= 11 is 0. The van der Waals surface area contributed by atoms with Crippen molar-refractivity contribution in [1.29, 1.82) is 0 Å². The molecular weight excluding hydrogens is 212 g/mol. The van der Waals surface area contributed by atoms with E-state index in [9.17, 15) is 0 Å². The van der Waals surface area contributed by atoms with Crippen molar-refractivity contribution in [2.75, 3.05) is 11.1 Å². The Balaban J connectivity index is 2.12. The van der Waals surface area contributed by atoms with Gasteiger partial charge >= 0.3 is 0 Å². The Morgan fingerprint density at radius 1 is 1.35 bits per heavy atom. The van der Waals surface area contributed by atoms with Gasteiger partial charge in [0.25, 0.3) is 0 Å². The van der Waals surface area contributed by atoms with Crippen LogP contribution in [0, 0.1) is 13.8 Å². The van der Waals surface area contributed by atoms with Gasteiger partial charge in [0.05, 0.1) is 5.69 Å². The van der Waals surface area contributed by atoms with Crippen LogP contribution in [0.15, 0.2) is 24.4 Å². The summed E-state index contributed by atoms with van der Waals surface area (Å²) in [6, 6.07) is 5.91. The maximum atomic E-state index is 5.87. The van der Waals surface area contributed by atoms with Gasteiger partial charge in [-0.1, -0.05) is 6.07 Å². The molecule has 17 heavy (non-hydrogen) atoms. The number of nitrogen functional groups attached to an aromatic ring is 1. The lowest BCUT2D eigenvalue weighted by atomic mass is 10.1. The minimum Gasteiger partial charge on any atom is -0.398 e. The van der Waals surface area contributed by atoms with Crippen LogP contribution in [0.3, 0.4) is 0 Å².